The molecule has 0 aromatic heterocycles. The molecule has 0 spiro atoms. The zero-order valence-corrected chi connectivity index (χ0v) is 12.5. The van der Waals surface area contributed by atoms with E-state index in [0.29, 0.717) is 12.5 Å². The second-order valence-corrected chi connectivity index (χ2v) is 4.98. The molecule has 0 bridgehead atoms. The normalized spacial score (nSPS) is 11.8. The highest BCUT2D eigenvalue weighted by atomic mass is 35.5. The van der Waals surface area contributed by atoms with E-state index < -0.39 is 0 Å². The molecule has 0 saturated heterocycles. The molecular weight excluding hydrogens is 262 g/mol. The van der Waals surface area contributed by atoms with Gasteiger partial charge >= 0.3 is 5.97 Å². The quantitative estimate of drug-likeness (QED) is 0.616. The van der Waals surface area contributed by atoms with Crippen LogP contribution < -0.4 is 5.73 Å². The summed E-state index contributed by atoms with van der Waals surface area (Å²) in [5.41, 5.74) is 6.92. The maximum atomic E-state index is 11.6. The first-order chi connectivity index (χ1) is 8.59. The number of hydrogen-bond acceptors (Lipinski definition) is 3. The van der Waals surface area contributed by atoms with Crippen LogP contribution in [0.25, 0.3) is 0 Å². The summed E-state index contributed by atoms with van der Waals surface area (Å²) in [7, 11) is 0. The fraction of sp³-hybridized carbons (Fsp3) is 0.533. The van der Waals surface area contributed by atoms with Gasteiger partial charge in [-0.25, -0.2) is 0 Å². The zero-order chi connectivity index (χ0) is 13.4. The van der Waals surface area contributed by atoms with E-state index in [9.17, 15) is 4.79 Å². The zero-order valence-electron chi connectivity index (χ0n) is 11.7. The minimum atomic E-state index is -0.274. The minimum Gasteiger partial charge on any atom is -0.466 e. The van der Waals surface area contributed by atoms with Crippen LogP contribution in [0, 0.1) is 5.92 Å². The Morgan fingerprint density at radius 1 is 1.26 bits per heavy atom. The Hall–Kier alpha value is -1.06. The molecule has 0 aliphatic heterocycles. The molecule has 0 heterocycles. The van der Waals surface area contributed by atoms with Crippen molar-refractivity contribution >= 4 is 18.4 Å². The molecule has 1 aromatic carbocycles. The van der Waals surface area contributed by atoms with Crippen LogP contribution in [0.4, 0.5) is 0 Å². The molecule has 108 valence electrons. The maximum Gasteiger partial charge on any atom is 0.307 e. The highest BCUT2D eigenvalue weighted by Gasteiger charge is 2.12. The number of rotatable bonds is 7. The Balaban J connectivity index is 0.00000324. The fourth-order valence-corrected chi connectivity index (χ4v) is 1.73. The van der Waals surface area contributed by atoms with Crippen molar-refractivity contribution in [1.29, 1.82) is 0 Å². The van der Waals surface area contributed by atoms with Crippen LogP contribution in [0.3, 0.4) is 0 Å². The largest absolute Gasteiger partial charge is 0.466 e. The van der Waals surface area contributed by atoms with Crippen LogP contribution >= 0.6 is 12.4 Å². The SMILES string of the molecule is CC(C)CCCOC(=O)CC(N)c1ccccc1.Cl. The molecule has 0 radical (unpaired) electrons. The van der Waals surface area contributed by atoms with Gasteiger partial charge in [0.05, 0.1) is 13.0 Å². The number of ether oxygens (including phenoxy) is 1. The molecule has 4 heteroatoms. The van der Waals surface area contributed by atoms with Gasteiger partial charge in [0, 0.05) is 6.04 Å². The lowest BCUT2D eigenvalue weighted by Crippen LogP contribution is -2.17. The van der Waals surface area contributed by atoms with Crippen LogP contribution in [-0.4, -0.2) is 12.6 Å². The summed E-state index contributed by atoms with van der Waals surface area (Å²) in [4.78, 5) is 11.6. The fourth-order valence-electron chi connectivity index (χ4n) is 1.73. The van der Waals surface area contributed by atoms with E-state index in [0.717, 1.165) is 18.4 Å². The summed E-state index contributed by atoms with van der Waals surface area (Å²) in [5.74, 6) is 0.436. The van der Waals surface area contributed by atoms with E-state index in [1.54, 1.807) is 0 Å². The highest BCUT2D eigenvalue weighted by molar-refractivity contribution is 5.85. The topological polar surface area (TPSA) is 52.3 Å². The van der Waals surface area contributed by atoms with Gasteiger partial charge < -0.3 is 10.5 Å². The summed E-state index contributed by atoms with van der Waals surface area (Å²) in [6.07, 6.45) is 2.24. The van der Waals surface area contributed by atoms with Crippen LogP contribution in [-0.2, 0) is 9.53 Å². The number of benzene rings is 1. The maximum absolute atomic E-state index is 11.6. The number of esters is 1. The van der Waals surface area contributed by atoms with Crippen molar-refractivity contribution in [1.82, 2.24) is 0 Å². The standard InChI is InChI=1S/C15H23NO2.ClH/c1-12(2)7-6-10-18-15(17)11-14(16)13-8-4-3-5-9-13;/h3-5,8-9,12,14H,6-7,10-11,16H2,1-2H3;1H. The third kappa shape index (κ3) is 7.85. The van der Waals surface area contributed by atoms with Crippen molar-refractivity contribution in [3.63, 3.8) is 0 Å². The van der Waals surface area contributed by atoms with Gasteiger partial charge in [-0.3, -0.25) is 4.79 Å². The minimum absolute atomic E-state index is 0. The van der Waals surface area contributed by atoms with E-state index in [-0.39, 0.29) is 30.8 Å². The number of halogens is 1. The van der Waals surface area contributed by atoms with Crippen molar-refractivity contribution in [2.75, 3.05) is 6.61 Å². The Labute approximate surface area is 121 Å². The third-order valence-corrected chi connectivity index (χ3v) is 2.80. The summed E-state index contributed by atoms with van der Waals surface area (Å²) >= 11 is 0. The van der Waals surface area contributed by atoms with Crippen molar-refractivity contribution in [3.05, 3.63) is 35.9 Å². The third-order valence-electron chi connectivity index (χ3n) is 2.80. The molecular formula is C15H24ClNO2. The van der Waals surface area contributed by atoms with Gasteiger partial charge in [0.2, 0.25) is 0 Å². The lowest BCUT2D eigenvalue weighted by atomic mass is 10.1. The van der Waals surface area contributed by atoms with E-state index in [2.05, 4.69) is 13.8 Å². The van der Waals surface area contributed by atoms with Crippen LogP contribution in [0.15, 0.2) is 30.3 Å². The number of nitrogens with two attached hydrogens (primary N) is 1. The second kappa shape index (κ2) is 9.82. The molecule has 1 rings (SSSR count). The van der Waals surface area contributed by atoms with Gasteiger partial charge in [-0.1, -0.05) is 44.2 Å². The molecule has 19 heavy (non-hydrogen) atoms. The van der Waals surface area contributed by atoms with Crippen LogP contribution in [0.1, 0.15) is 44.7 Å². The Morgan fingerprint density at radius 2 is 1.89 bits per heavy atom. The van der Waals surface area contributed by atoms with E-state index >= 15 is 0 Å². The first-order valence-corrected chi connectivity index (χ1v) is 6.55. The Kier molecular flexibility index (Phi) is 9.27. The van der Waals surface area contributed by atoms with Crippen LogP contribution in [0.2, 0.25) is 0 Å². The first-order valence-electron chi connectivity index (χ1n) is 6.55. The molecule has 2 N–H and O–H groups in total. The smallest absolute Gasteiger partial charge is 0.307 e. The summed E-state index contributed by atoms with van der Waals surface area (Å²) in [6, 6.07) is 9.35. The lowest BCUT2D eigenvalue weighted by molar-refractivity contribution is -0.144. The molecule has 0 fully saturated rings. The summed E-state index contributed by atoms with van der Waals surface area (Å²) < 4.78 is 5.17. The van der Waals surface area contributed by atoms with Crippen molar-refractivity contribution in [2.24, 2.45) is 11.7 Å². The molecule has 3 nitrogen and oxygen atoms in total. The van der Waals surface area contributed by atoms with Crippen molar-refractivity contribution < 1.29 is 9.53 Å². The van der Waals surface area contributed by atoms with Gasteiger partial charge in [-0.15, -0.1) is 12.4 Å². The Bertz CT molecular complexity index is 354. The predicted octanol–water partition coefficient (Wildman–Crippen LogP) is 3.48. The average Bonchev–Trinajstić information content (AvgIpc) is 2.35. The molecule has 1 aromatic rings. The molecule has 0 aliphatic rings. The molecule has 1 atom stereocenters. The molecule has 1 unspecified atom stereocenters. The van der Waals surface area contributed by atoms with E-state index in [1.165, 1.54) is 0 Å². The van der Waals surface area contributed by atoms with Gasteiger partial charge in [-0.2, -0.15) is 0 Å². The van der Waals surface area contributed by atoms with Gasteiger partial charge in [0.25, 0.3) is 0 Å². The molecule has 0 amide bonds. The van der Waals surface area contributed by atoms with Crippen LogP contribution in [0.5, 0.6) is 0 Å². The summed E-state index contributed by atoms with van der Waals surface area (Å²) in [5, 5.41) is 0. The summed E-state index contributed by atoms with van der Waals surface area (Å²) in [6.45, 7) is 4.82. The number of carbonyl (C=O) groups excluding carboxylic acids is 1. The predicted molar refractivity (Wildman–Crippen MR) is 80.3 cm³/mol. The van der Waals surface area contributed by atoms with Crippen molar-refractivity contribution in [2.45, 2.75) is 39.2 Å². The average molecular weight is 286 g/mol. The number of carbonyl (C=O) groups is 1. The van der Waals surface area contributed by atoms with Crippen molar-refractivity contribution in [3.8, 4) is 0 Å². The Morgan fingerprint density at radius 3 is 2.47 bits per heavy atom. The van der Waals surface area contributed by atoms with E-state index in [4.69, 9.17) is 10.5 Å². The first kappa shape index (κ1) is 17.9. The van der Waals surface area contributed by atoms with Gasteiger partial charge in [-0.05, 0) is 24.3 Å². The van der Waals surface area contributed by atoms with Gasteiger partial charge in [0.1, 0.15) is 0 Å². The van der Waals surface area contributed by atoms with E-state index in [1.807, 2.05) is 30.3 Å². The molecule has 0 aliphatic carbocycles. The molecule has 0 saturated carbocycles. The lowest BCUT2D eigenvalue weighted by Gasteiger charge is -2.11. The highest BCUT2D eigenvalue weighted by Crippen LogP contribution is 2.14. The van der Waals surface area contributed by atoms with Gasteiger partial charge in [0.15, 0.2) is 0 Å². The second-order valence-electron chi connectivity index (χ2n) is 4.98. The number of hydrogen-bond donors (Lipinski definition) is 1. The monoisotopic (exact) mass is 285 g/mol.